The standard InChI is InChI=1S/C16H24N2O2/c1-12-4-8-14(9-5-12)18(2)11-10-15(16(19)20-3)17-13-6-7-13/h4-5,8-9,13,15,17H,6-7,10-11H2,1-3H3. The summed E-state index contributed by atoms with van der Waals surface area (Å²) in [5.74, 6) is -0.158. The zero-order valence-electron chi connectivity index (χ0n) is 12.6. The highest BCUT2D eigenvalue weighted by Gasteiger charge is 2.28. The molecule has 1 aliphatic carbocycles. The highest BCUT2D eigenvalue weighted by Crippen LogP contribution is 2.21. The fourth-order valence-corrected chi connectivity index (χ4v) is 2.20. The summed E-state index contributed by atoms with van der Waals surface area (Å²) >= 11 is 0. The van der Waals surface area contributed by atoms with Crippen molar-refractivity contribution in [3.63, 3.8) is 0 Å². The molecule has 1 N–H and O–H groups in total. The Morgan fingerprint density at radius 2 is 2.05 bits per heavy atom. The largest absolute Gasteiger partial charge is 0.468 e. The number of ether oxygens (including phenoxy) is 1. The van der Waals surface area contributed by atoms with Crippen LogP contribution in [-0.2, 0) is 9.53 Å². The molecule has 1 aromatic carbocycles. The maximum absolute atomic E-state index is 11.8. The van der Waals surface area contributed by atoms with Crippen LogP contribution in [0.3, 0.4) is 0 Å². The number of hydrogen-bond acceptors (Lipinski definition) is 4. The zero-order chi connectivity index (χ0) is 14.5. The van der Waals surface area contributed by atoms with Crippen molar-refractivity contribution in [2.24, 2.45) is 0 Å². The van der Waals surface area contributed by atoms with Crippen molar-refractivity contribution in [3.8, 4) is 0 Å². The number of esters is 1. The molecule has 4 nitrogen and oxygen atoms in total. The Hall–Kier alpha value is -1.55. The highest BCUT2D eigenvalue weighted by molar-refractivity contribution is 5.75. The first-order valence-electron chi connectivity index (χ1n) is 7.22. The fraction of sp³-hybridized carbons (Fsp3) is 0.562. The Kier molecular flexibility index (Phi) is 5.01. The predicted octanol–water partition coefficient (Wildman–Crippen LogP) is 2.11. The van der Waals surface area contributed by atoms with Crippen LogP contribution in [0.25, 0.3) is 0 Å². The van der Waals surface area contributed by atoms with Gasteiger partial charge in [0.05, 0.1) is 7.11 Å². The van der Waals surface area contributed by atoms with Crippen molar-refractivity contribution in [1.82, 2.24) is 5.32 Å². The molecule has 1 saturated carbocycles. The van der Waals surface area contributed by atoms with Crippen molar-refractivity contribution in [2.75, 3.05) is 25.6 Å². The smallest absolute Gasteiger partial charge is 0.322 e. The van der Waals surface area contributed by atoms with Gasteiger partial charge in [-0.2, -0.15) is 0 Å². The molecule has 0 radical (unpaired) electrons. The van der Waals surface area contributed by atoms with Crippen LogP contribution in [0.15, 0.2) is 24.3 Å². The number of rotatable bonds is 7. The van der Waals surface area contributed by atoms with E-state index in [9.17, 15) is 4.79 Å². The van der Waals surface area contributed by atoms with Gasteiger partial charge in [-0.15, -0.1) is 0 Å². The molecular weight excluding hydrogens is 252 g/mol. The minimum Gasteiger partial charge on any atom is -0.468 e. The molecule has 1 atom stereocenters. The van der Waals surface area contributed by atoms with Gasteiger partial charge < -0.3 is 15.0 Å². The van der Waals surface area contributed by atoms with Crippen LogP contribution in [0.4, 0.5) is 5.69 Å². The van der Waals surface area contributed by atoms with Gasteiger partial charge in [-0.05, 0) is 38.3 Å². The normalized spacial score (nSPS) is 15.8. The number of carbonyl (C=O) groups excluding carboxylic acids is 1. The van der Waals surface area contributed by atoms with E-state index in [1.807, 2.05) is 0 Å². The summed E-state index contributed by atoms with van der Waals surface area (Å²) in [6.45, 7) is 2.90. The van der Waals surface area contributed by atoms with E-state index in [0.29, 0.717) is 6.04 Å². The van der Waals surface area contributed by atoms with Crippen LogP contribution in [-0.4, -0.2) is 38.8 Å². The summed E-state index contributed by atoms with van der Waals surface area (Å²) in [5.41, 5.74) is 2.43. The summed E-state index contributed by atoms with van der Waals surface area (Å²) in [6.07, 6.45) is 3.09. The van der Waals surface area contributed by atoms with Gasteiger partial charge in [-0.25, -0.2) is 0 Å². The fourth-order valence-electron chi connectivity index (χ4n) is 2.20. The van der Waals surface area contributed by atoms with E-state index in [1.54, 1.807) is 0 Å². The molecular formula is C16H24N2O2. The van der Waals surface area contributed by atoms with E-state index in [0.717, 1.165) is 13.0 Å². The number of nitrogens with one attached hydrogen (secondary N) is 1. The van der Waals surface area contributed by atoms with Crippen molar-refractivity contribution in [2.45, 2.75) is 38.3 Å². The predicted molar refractivity (Wildman–Crippen MR) is 81.0 cm³/mol. The quantitative estimate of drug-likeness (QED) is 0.775. The first-order chi connectivity index (χ1) is 9.60. The van der Waals surface area contributed by atoms with Crippen LogP contribution in [0.5, 0.6) is 0 Å². The Morgan fingerprint density at radius 3 is 2.60 bits per heavy atom. The lowest BCUT2D eigenvalue weighted by Crippen LogP contribution is -2.41. The lowest BCUT2D eigenvalue weighted by molar-refractivity contribution is -0.143. The second-order valence-electron chi connectivity index (χ2n) is 5.56. The van der Waals surface area contributed by atoms with Crippen molar-refractivity contribution in [1.29, 1.82) is 0 Å². The summed E-state index contributed by atoms with van der Waals surface area (Å²) in [7, 11) is 3.50. The number of benzene rings is 1. The summed E-state index contributed by atoms with van der Waals surface area (Å²) in [4.78, 5) is 13.9. The van der Waals surface area contributed by atoms with Gasteiger partial charge in [0, 0.05) is 25.3 Å². The van der Waals surface area contributed by atoms with E-state index in [1.165, 1.54) is 31.2 Å². The lowest BCUT2D eigenvalue weighted by atomic mass is 10.1. The Bertz CT molecular complexity index is 440. The molecule has 1 aromatic rings. The molecule has 0 aromatic heterocycles. The molecule has 0 aliphatic heterocycles. The van der Waals surface area contributed by atoms with Crippen LogP contribution in [0, 0.1) is 6.92 Å². The minimum atomic E-state index is -0.194. The van der Waals surface area contributed by atoms with E-state index < -0.39 is 0 Å². The van der Waals surface area contributed by atoms with Gasteiger partial charge in [0.2, 0.25) is 0 Å². The summed E-state index contributed by atoms with van der Waals surface area (Å²) in [6, 6.07) is 8.73. The molecule has 0 bridgehead atoms. The van der Waals surface area contributed by atoms with Crippen LogP contribution in [0.2, 0.25) is 0 Å². The second kappa shape index (κ2) is 6.75. The third-order valence-corrected chi connectivity index (χ3v) is 3.73. The number of methoxy groups -OCH3 is 1. The van der Waals surface area contributed by atoms with Gasteiger partial charge in [-0.3, -0.25) is 4.79 Å². The van der Waals surface area contributed by atoms with Crippen molar-refractivity contribution < 1.29 is 9.53 Å². The van der Waals surface area contributed by atoms with Gasteiger partial charge in [0.25, 0.3) is 0 Å². The SMILES string of the molecule is COC(=O)C(CCN(C)c1ccc(C)cc1)NC1CC1. The van der Waals surface area contributed by atoms with Crippen molar-refractivity contribution in [3.05, 3.63) is 29.8 Å². The molecule has 1 unspecified atom stereocenters. The number of carbonyl (C=O) groups is 1. The third kappa shape index (κ3) is 4.23. The molecule has 0 spiro atoms. The van der Waals surface area contributed by atoms with E-state index in [4.69, 9.17) is 4.74 Å². The molecule has 0 saturated heterocycles. The van der Waals surface area contributed by atoms with E-state index in [2.05, 4.69) is 48.5 Å². The topological polar surface area (TPSA) is 41.6 Å². The van der Waals surface area contributed by atoms with Crippen LogP contribution >= 0.6 is 0 Å². The molecule has 2 rings (SSSR count). The van der Waals surface area contributed by atoms with Crippen molar-refractivity contribution >= 4 is 11.7 Å². The third-order valence-electron chi connectivity index (χ3n) is 3.73. The Labute approximate surface area is 121 Å². The lowest BCUT2D eigenvalue weighted by Gasteiger charge is -2.23. The molecule has 1 fully saturated rings. The average Bonchev–Trinajstić information content (AvgIpc) is 3.27. The Balaban J connectivity index is 1.87. The van der Waals surface area contributed by atoms with Gasteiger partial charge in [0.1, 0.15) is 6.04 Å². The first-order valence-corrected chi connectivity index (χ1v) is 7.22. The number of aryl methyl sites for hydroxylation is 1. The summed E-state index contributed by atoms with van der Waals surface area (Å²) in [5, 5.41) is 3.36. The maximum Gasteiger partial charge on any atom is 0.322 e. The minimum absolute atomic E-state index is 0.158. The number of hydrogen-bond donors (Lipinski definition) is 1. The number of nitrogens with zero attached hydrogens (tertiary/aromatic N) is 1. The van der Waals surface area contributed by atoms with E-state index >= 15 is 0 Å². The summed E-state index contributed by atoms with van der Waals surface area (Å²) < 4.78 is 4.87. The zero-order valence-corrected chi connectivity index (χ0v) is 12.6. The van der Waals surface area contributed by atoms with Gasteiger partial charge >= 0.3 is 5.97 Å². The van der Waals surface area contributed by atoms with E-state index in [-0.39, 0.29) is 12.0 Å². The molecule has 0 amide bonds. The molecule has 110 valence electrons. The van der Waals surface area contributed by atoms with Gasteiger partial charge in [0.15, 0.2) is 0 Å². The van der Waals surface area contributed by atoms with Gasteiger partial charge in [-0.1, -0.05) is 17.7 Å². The molecule has 4 heteroatoms. The molecule has 0 heterocycles. The molecule has 20 heavy (non-hydrogen) atoms. The second-order valence-corrected chi connectivity index (χ2v) is 5.56. The van der Waals surface area contributed by atoms with Crippen LogP contribution < -0.4 is 10.2 Å². The maximum atomic E-state index is 11.8. The average molecular weight is 276 g/mol. The van der Waals surface area contributed by atoms with Crippen LogP contribution in [0.1, 0.15) is 24.8 Å². The highest BCUT2D eigenvalue weighted by atomic mass is 16.5. The first kappa shape index (κ1) is 14.9. The molecule has 1 aliphatic rings. The monoisotopic (exact) mass is 276 g/mol. The Morgan fingerprint density at radius 1 is 1.40 bits per heavy atom. The number of anilines is 1.